The second-order valence-electron chi connectivity index (χ2n) is 6.16. The summed E-state index contributed by atoms with van der Waals surface area (Å²) in [6, 6.07) is 4.34. The number of carbonyl (C=O) groups is 3. The van der Waals surface area contributed by atoms with Crippen LogP contribution >= 0.6 is 0 Å². The molecular weight excluding hydrogens is 334 g/mol. The number of anilines is 1. The first kappa shape index (κ1) is 21.7. The minimum Gasteiger partial charge on any atom is -0.465 e. The number of hydrogen-bond acceptors (Lipinski definition) is 5. The molecule has 1 aromatic carbocycles. The summed E-state index contributed by atoms with van der Waals surface area (Å²) in [6.07, 6.45) is 8.21. The Balaban J connectivity index is 2.63. The van der Waals surface area contributed by atoms with Crippen LogP contribution in [-0.2, 0) is 14.3 Å². The topological polar surface area (TPSA) is 81.7 Å². The third kappa shape index (κ3) is 7.25. The average Bonchev–Trinajstić information content (AvgIpc) is 2.65. The van der Waals surface area contributed by atoms with E-state index in [0.717, 1.165) is 19.3 Å². The van der Waals surface area contributed by atoms with Crippen LogP contribution in [-0.4, -0.2) is 32.1 Å². The summed E-state index contributed by atoms with van der Waals surface area (Å²) in [5.74, 6) is -1.30. The summed E-state index contributed by atoms with van der Waals surface area (Å²) in [7, 11) is 2.54. The van der Waals surface area contributed by atoms with Gasteiger partial charge in [0.05, 0.1) is 31.0 Å². The molecule has 1 aromatic rings. The Kier molecular flexibility index (Phi) is 10.1. The number of esters is 2. The maximum absolute atomic E-state index is 12.2. The Morgan fingerprint density at radius 2 is 1.50 bits per heavy atom. The quantitative estimate of drug-likeness (QED) is 0.467. The standard InChI is InChI=1S/C20H29NO5/c1-4-5-6-7-8-9-10-11-18(22)21-17-14-15(19(23)25-2)12-13-16(17)20(24)26-3/h12-14H,4-11H2,1-3H3,(H,21,22). The second-order valence-corrected chi connectivity index (χ2v) is 6.16. The number of hydrogen-bond donors (Lipinski definition) is 1. The monoisotopic (exact) mass is 363 g/mol. The zero-order chi connectivity index (χ0) is 19.4. The van der Waals surface area contributed by atoms with E-state index in [1.165, 1.54) is 58.1 Å². The van der Waals surface area contributed by atoms with Crippen molar-refractivity contribution in [1.82, 2.24) is 0 Å². The van der Waals surface area contributed by atoms with Gasteiger partial charge in [0, 0.05) is 6.42 Å². The van der Waals surface area contributed by atoms with Crippen LogP contribution in [0.3, 0.4) is 0 Å². The van der Waals surface area contributed by atoms with Gasteiger partial charge in [-0.3, -0.25) is 4.79 Å². The molecule has 6 nitrogen and oxygen atoms in total. The largest absolute Gasteiger partial charge is 0.465 e. The third-order valence-electron chi connectivity index (χ3n) is 4.13. The van der Waals surface area contributed by atoms with E-state index in [1.54, 1.807) is 0 Å². The third-order valence-corrected chi connectivity index (χ3v) is 4.13. The van der Waals surface area contributed by atoms with Gasteiger partial charge in [0.2, 0.25) is 5.91 Å². The maximum atomic E-state index is 12.2. The molecule has 0 aliphatic rings. The zero-order valence-corrected chi connectivity index (χ0v) is 15.9. The number of amides is 1. The molecule has 0 radical (unpaired) electrons. The lowest BCUT2D eigenvalue weighted by atomic mass is 10.1. The average molecular weight is 363 g/mol. The normalized spacial score (nSPS) is 10.3. The number of ether oxygens (including phenoxy) is 2. The van der Waals surface area contributed by atoms with Gasteiger partial charge in [-0.05, 0) is 24.6 Å². The van der Waals surface area contributed by atoms with E-state index in [2.05, 4.69) is 17.0 Å². The maximum Gasteiger partial charge on any atom is 0.339 e. The van der Waals surface area contributed by atoms with Gasteiger partial charge in [0.1, 0.15) is 0 Å². The van der Waals surface area contributed by atoms with Crippen LogP contribution in [0.2, 0.25) is 0 Å². The van der Waals surface area contributed by atoms with Crippen molar-refractivity contribution in [2.75, 3.05) is 19.5 Å². The molecule has 0 aromatic heterocycles. The highest BCUT2D eigenvalue weighted by molar-refractivity contribution is 6.03. The van der Waals surface area contributed by atoms with E-state index in [9.17, 15) is 14.4 Å². The number of benzene rings is 1. The van der Waals surface area contributed by atoms with Gasteiger partial charge in [0.25, 0.3) is 0 Å². The van der Waals surface area contributed by atoms with Crippen LogP contribution in [0.15, 0.2) is 18.2 Å². The number of nitrogens with one attached hydrogen (secondary N) is 1. The van der Waals surface area contributed by atoms with Crippen molar-refractivity contribution in [2.45, 2.75) is 58.3 Å². The van der Waals surface area contributed by atoms with Crippen molar-refractivity contribution in [3.63, 3.8) is 0 Å². The van der Waals surface area contributed by atoms with E-state index in [1.807, 2.05) is 0 Å². The molecule has 0 fully saturated rings. The summed E-state index contributed by atoms with van der Waals surface area (Å²) in [6.45, 7) is 2.18. The van der Waals surface area contributed by atoms with Gasteiger partial charge in [-0.15, -0.1) is 0 Å². The highest BCUT2D eigenvalue weighted by Gasteiger charge is 2.17. The lowest BCUT2D eigenvalue weighted by molar-refractivity contribution is -0.116. The fraction of sp³-hybridized carbons (Fsp3) is 0.550. The lowest BCUT2D eigenvalue weighted by Crippen LogP contribution is -2.16. The highest BCUT2D eigenvalue weighted by atomic mass is 16.5. The Morgan fingerprint density at radius 1 is 0.885 bits per heavy atom. The molecule has 1 N–H and O–H groups in total. The van der Waals surface area contributed by atoms with Crippen LogP contribution in [0.1, 0.15) is 79.0 Å². The summed E-state index contributed by atoms with van der Waals surface area (Å²) < 4.78 is 9.40. The molecule has 144 valence electrons. The minimum atomic E-state index is -0.576. The zero-order valence-electron chi connectivity index (χ0n) is 15.9. The van der Waals surface area contributed by atoms with Crippen molar-refractivity contribution in [1.29, 1.82) is 0 Å². The molecule has 26 heavy (non-hydrogen) atoms. The highest BCUT2D eigenvalue weighted by Crippen LogP contribution is 2.20. The van der Waals surface area contributed by atoms with Crippen molar-refractivity contribution < 1.29 is 23.9 Å². The van der Waals surface area contributed by atoms with Crippen molar-refractivity contribution in [2.24, 2.45) is 0 Å². The fourth-order valence-corrected chi connectivity index (χ4v) is 2.64. The molecular formula is C20H29NO5. The Bertz CT molecular complexity index is 612. The van der Waals surface area contributed by atoms with E-state index >= 15 is 0 Å². The first-order valence-electron chi connectivity index (χ1n) is 9.14. The van der Waals surface area contributed by atoms with E-state index in [4.69, 9.17) is 4.74 Å². The molecule has 1 rings (SSSR count). The van der Waals surface area contributed by atoms with E-state index < -0.39 is 11.9 Å². The smallest absolute Gasteiger partial charge is 0.339 e. The summed E-state index contributed by atoms with van der Waals surface area (Å²) in [5.41, 5.74) is 0.715. The molecule has 0 unspecified atom stereocenters. The Morgan fingerprint density at radius 3 is 2.12 bits per heavy atom. The van der Waals surface area contributed by atoms with Crippen molar-refractivity contribution in [3.05, 3.63) is 29.3 Å². The number of methoxy groups -OCH3 is 2. The first-order chi connectivity index (χ1) is 12.5. The van der Waals surface area contributed by atoms with Crippen LogP contribution in [0, 0.1) is 0 Å². The van der Waals surface area contributed by atoms with Gasteiger partial charge < -0.3 is 14.8 Å². The Labute approximate surface area is 155 Å². The molecule has 0 atom stereocenters. The molecule has 0 aliphatic heterocycles. The molecule has 0 saturated carbocycles. The predicted molar refractivity (Wildman–Crippen MR) is 100 cm³/mol. The molecule has 0 saturated heterocycles. The number of carbonyl (C=O) groups excluding carboxylic acids is 3. The molecule has 6 heteroatoms. The SMILES string of the molecule is CCCCCCCCCC(=O)Nc1cc(C(=O)OC)ccc1C(=O)OC. The minimum absolute atomic E-state index is 0.189. The van der Waals surface area contributed by atoms with Crippen LogP contribution in [0.25, 0.3) is 0 Å². The number of rotatable bonds is 11. The predicted octanol–water partition coefficient (Wildman–Crippen LogP) is 4.34. The molecule has 1 amide bonds. The second kappa shape index (κ2) is 12.1. The van der Waals surface area contributed by atoms with Crippen LogP contribution in [0.4, 0.5) is 5.69 Å². The Hall–Kier alpha value is -2.37. The summed E-state index contributed by atoms with van der Waals surface area (Å²) in [5, 5.41) is 2.71. The molecule has 0 heterocycles. The van der Waals surface area contributed by atoms with Gasteiger partial charge in [-0.25, -0.2) is 9.59 Å². The van der Waals surface area contributed by atoms with Gasteiger partial charge >= 0.3 is 11.9 Å². The summed E-state index contributed by atoms with van der Waals surface area (Å²) >= 11 is 0. The van der Waals surface area contributed by atoms with Crippen molar-refractivity contribution >= 4 is 23.5 Å². The van der Waals surface area contributed by atoms with E-state index in [-0.39, 0.29) is 22.7 Å². The van der Waals surface area contributed by atoms with Gasteiger partial charge in [-0.1, -0.05) is 45.4 Å². The van der Waals surface area contributed by atoms with Gasteiger partial charge in [-0.2, -0.15) is 0 Å². The van der Waals surface area contributed by atoms with Crippen LogP contribution < -0.4 is 5.32 Å². The first-order valence-corrected chi connectivity index (χ1v) is 9.14. The number of unbranched alkanes of at least 4 members (excludes halogenated alkanes) is 6. The molecule has 0 spiro atoms. The molecule has 0 bridgehead atoms. The van der Waals surface area contributed by atoms with E-state index in [0.29, 0.717) is 6.42 Å². The summed E-state index contributed by atoms with van der Waals surface area (Å²) in [4.78, 5) is 35.7. The van der Waals surface area contributed by atoms with Crippen LogP contribution in [0.5, 0.6) is 0 Å². The van der Waals surface area contributed by atoms with Crippen molar-refractivity contribution in [3.8, 4) is 0 Å². The van der Waals surface area contributed by atoms with Gasteiger partial charge in [0.15, 0.2) is 0 Å². The lowest BCUT2D eigenvalue weighted by Gasteiger charge is -2.11. The molecule has 0 aliphatic carbocycles. The fourth-order valence-electron chi connectivity index (χ4n) is 2.64.